The molecule has 0 fully saturated rings. The van der Waals surface area contributed by atoms with E-state index in [4.69, 9.17) is 9.47 Å². The van der Waals surface area contributed by atoms with Crippen LogP contribution in [0.15, 0.2) is 12.2 Å². The highest BCUT2D eigenvalue weighted by atomic mass is 16.6. The summed E-state index contributed by atoms with van der Waals surface area (Å²) in [4.78, 5) is 24.4. The van der Waals surface area contributed by atoms with Crippen LogP contribution in [0.1, 0.15) is 348 Å². The van der Waals surface area contributed by atoms with Crippen molar-refractivity contribution in [2.45, 2.75) is 354 Å². The van der Waals surface area contributed by atoms with Crippen LogP contribution in [0.3, 0.4) is 0 Å². The zero-order valence-corrected chi connectivity index (χ0v) is 45.0. The average molecular weight is 932 g/mol. The number of hydrogen-bond donors (Lipinski definition) is 1. The summed E-state index contributed by atoms with van der Waals surface area (Å²) in [6.45, 7) is 4.13. The number of carbonyl (C=O) groups excluding carboxylic acids is 2. The van der Waals surface area contributed by atoms with E-state index in [1.165, 1.54) is 283 Å². The lowest BCUT2D eigenvalue weighted by Gasteiger charge is -2.15. The monoisotopic (exact) mass is 931 g/mol. The maximum absolute atomic E-state index is 12.2. The highest BCUT2D eigenvalue weighted by molar-refractivity contribution is 5.70. The van der Waals surface area contributed by atoms with Crippen LogP contribution in [0.5, 0.6) is 0 Å². The molecular weight excluding hydrogens is 813 g/mol. The third-order valence-corrected chi connectivity index (χ3v) is 14.1. The summed E-state index contributed by atoms with van der Waals surface area (Å²) >= 11 is 0. The summed E-state index contributed by atoms with van der Waals surface area (Å²) in [6, 6.07) is 0. The van der Waals surface area contributed by atoms with Gasteiger partial charge in [0.1, 0.15) is 6.61 Å². The SMILES string of the molecule is CCCC/C=C\CCCCCCCC(=O)OC(CO)COC(=O)CCCCCCCCCCCCCCCCCCCCCCCCCCCCCCCCCCCCCCCCCCC. The van der Waals surface area contributed by atoms with Gasteiger partial charge >= 0.3 is 11.9 Å². The summed E-state index contributed by atoms with van der Waals surface area (Å²) in [7, 11) is 0. The smallest absolute Gasteiger partial charge is 0.306 e. The molecule has 0 aromatic heterocycles. The van der Waals surface area contributed by atoms with Gasteiger partial charge in [-0.05, 0) is 32.1 Å². The first-order valence-corrected chi connectivity index (χ1v) is 30.2. The molecule has 392 valence electrons. The van der Waals surface area contributed by atoms with Gasteiger partial charge in [-0.1, -0.05) is 315 Å². The second kappa shape index (κ2) is 58.0. The van der Waals surface area contributed by atoms with Crippen LogP contribution in [0, 0.1) is 0 Å². The Morgan fingerprint density at radius 1 is 0.333 bits per heavy atom. The van der Waals surface area contributed by atoms with E-state index in [0.29, 0.717) is 12.8 Å². The zero-order chi connectivity index (χ0) is 47.7. The largest absolute Gasteiger partial charge is 0.462 e. The van der Waals surface area contributed by atoms with E-state index in [1.54, 1.807) is 0 Å². The van der Waals surface area contributed by atoms with Crippen molar-refractivity contribution in [2.75, 3.05) is 13.2 Å². The summed E-state index contributed by atoms with van der Waals surface area (Å²) in [5, 5.41) is 9.59. The number of unbranched alkanes of at least 4 members (excludes halogenated alkanes) is 47. The lowest BCUT2D eigenvalue weighted by Crippen LogP contribution is -2.28. The first-order valence-electron chi connectivity index (χ1n) is 30.2. The van der Waals surface area contributed by atoms with Gasteiger partial charge in [0, 0.05) is 12.8 Å². The molecule has 0 spiro atoms. The minimum Gasteiger partial charge on any atom is -0.462 e. The molecule has 0 rings (SSSR count). The van der Waals surface area contributed by atoms with Gasteiger partial charge in [-0.2, -0.15) is 0 Å². The molecule has 0 saturated heterocycles. The highest BCUT2D eigenvalue weighted by Crippen LogP contribution is 2.19. The number of ether oxygens (including phenoxy) is 2. The van der Waals surface area contributed by atoms with Gasteiger partial charge in [-0.3, -0.25) is 9.59 Å². The van der Waals surface area contributed by atoms with Gasteiger partial charge in [0.05, 0.1) is 6.61 Å². The molecule has 0 radical (unpaired) electrons. The molecule has 1 unspecified atom stereocenters. The molecule has 66 heavy (non-hydrogen) atoms. The van der Waals surface area contributed by atoms with Crippen molar-refractivity contribution in [1.29, 1.82) is 0 Å². The number of aliphatic hydroxyl groups is 1. The Morgan fingerprint density at radius 3 is 0.864 bits per heavy atom. The minimum absolute atomic E-state index is 0.0629. The van der Waals surface area contributed by atoms with Crippen LogP contribution in [-0.2, 0) is 19.1 Å². The van der Waals surface area contributed by atoms with Crippen LogP contribution < -0.4 is 0 Å². The third kappa shape index (κ3) is 55.2. The van der Waals surface area contributed by atoms with Crippen LogP contribution in [0.4, 0.5) is 0 Å². The number of aliphatic hydroxyl groups excluding tert-OH is 1. The van der Waals surface area contributed by atoms with Gasteiger partial charge < -0.3 is 14.6 Å². The van der Waals surface area contributed by atoms with Crippen molar-refractivity contribution in [3.05, 3.63) is 12.2 Å². The van der Waals surface area contributed by atoms with Crippen LogP contribution in [-0.4, -0.2) is 36.4 Å². The van der Waals surface area contributed by atoms with E-state index in [0.717, 1.165) is 38.5 Å². The molecule has 0 bridgehead atoms. The molecule has 0 aromatic rings. The molecule has 1 atom stereocenters. The standard InChI is InChI=1S/C61H118O5/c1-3-5-7-9-11-13-15-16-17-18-19-20-21-22-23-24-25-26-27-28-29-30-31-32-33-34-35-36-37-38-39-40-41-42-43-44-46-47-49-51-53-55-60(63)65-58-59(57-62)66-61(64)56-54-52-50-48-45-14-12-10-8-6-4-2/h10,12,59,62H,3-9,11,13-58H2,1-2H3/b12-10-. The van der Waals surface area contributed by atoms with Crippen molar-refractivity contribution in [3.63, 3.8) is 0 Å². The molecule has 5 heteroatoms. The molecule has 0 aromatic carbocycles. The van der Waals surface area contributed by atoms with Crippen molar-refractivity contribution in [2.24, 2.45) is 0 Å². The van der Waals surface area contributed by atoms with E-state index in [1.807, 2.05) is 0 Å². The normalized spacial score (nSPS) is 12.1. The summed E-state index contributed by atoms with van der Waals surface area (Å²) < 4.78 is 10.7. The average Bonchev–Trinajstić information content (AvgIpc) is 3.32. The van der Waals surface area contributed by atoms with Gasteiger partial charge in [0.15, 0.2) is 6.10 Å². The molecule has 5 nitrogen and oxygen atoms in total. The van der Waals surface area contributed by atoms with E-state index >= 15 is 0 Å². The summed E-state index contributed by atoms with van der Waals surface area (Å²) in [6.07, 6.45) is 72.5. The first-order chi connectivity index (χ1) is 32.6. The van der Waals surface area contributed by atoms with E-state index in [2.05, 4.69) is 26.0 Å². The van der Waals surface area contributed by atoms with Crippen LogP contribution in [0.2, 0.25) is 0 Å². The van der Waals surface area contributed by atoms with Crippen molar-refractivity contribution in [1.82, 2.24) is 0 Å². The Morgan fingerprint density at radius 2 is 0.576 bits per heavy atom. The maximum Gasteiger partial charge on any atom is 0.306 e. The number of hydrogen-bond acceptors (Lipinski definition) is 5. The molecule has 0 amide bonds. The van der Waals surface area contributed by atoms with Crippen molar-refractivity contribution >= 4 is 11.9 Å². The molecule has 0 aliphatic heterocycles. The van der Waals surface area contributed by atoms with Crippen LogP contribution >= 0.6 is 0 Å². The zero-order valence-electron chi connectivity index (χ0n) is 45.0. The second-order valence-corrected chi connectivity index (χ2v) is 20.8. The number of carbonyl (C=O) groups is 2. The van der Waals surface area contributed by atoms with E-state index in [-0.39, 0.29) is 25.2 Å². The summed E-state index contributed by atoms with van der Waals surface area (Å²) in [5.74, 6) is -0.586. The quantitative estimate of drug-likeness (QED) is 0.0374. The lowest BCUT2D eigenvalue weighted by molar-refractivity contribution is -0.161. The highest BCUT2D eigenvalue weighted by Gasteiger charge is 2.16. The minimum atomic E-state index is -0.770. The Kier molecular flexibility index (Phi) is 56.8. The predicted molar refractivity (Wildman–Crippen MR) is 288 cm³/mol. The van der Waals surface area contributed by atoms with Crippen molar-refractivity contribution in [3.8, 4) is 0 Å². The van der Waals surface area contributed by atoms with Crippen LogP contribution in [0.25, 0.3) is 0 Å². The number of allylic oxidation sites excluding steroid dienone is 2. The predicted octanol–water partition coefficient (Wildman–Crippen LogP) is 20.3. The summed E-state index contributed by atoms with van der Waals surface area (Å²) in [5.41, 5.74) is 0. The Balaban J connectivity index is 3.29. The third-order valence-electron chi connectivity index (χ3n) is 14.1. The molecule has 0 saturated carbocycles. The Hall–Kier alpha value is -1.36. The van der Waals surface area contributed by atoms with Gasteiger partial charge in [-0.15, -0.1) is 0 Å². The fourth-order valence-corrected chi connectivity index (χ4v) is 9.48. The molecule has 0 aliphatic rings. The molecule has 0 aliphatic carbocycles. The first kappa shape index (κ1) is 64.6. The van der Waals surface area contributed by atoms with Crippen molar-refractivity contribution < 1.29 is 24.2 Å². The fraction of sp³-hybridized carbons (Fsp3) is 0.934. The van der Waals surface area contributed by atoms with Gasteiger partial charge in [0.25, 0.3) is 0 Å². The van der Waals surface area contributed by atoms with Gasteiger partial charge in [-0.25, -0.2) is 0 Å². The molecule has 1 N–H and O–H groups in total. The topological polar surface area (TPSA) is 72.8 Å². The van der Waals surface area contributed by atoms with E-state index < -0.39 is 6.10 Å². The fourth-order valence-electron chi connectivity index (χ4n) is 9.48. The Bertz CT molecular complexity index is 963. The molecular formula is C61H118O5. The lowest BCUT2D eigenvalue weighted by atomic mass is 10.0. The molecule has 0 heterocycles. The van der Waals surface area contributed by atoms with E-state index in [9.17, 15) is 14.7 Å². The van der Waals surface area contributed by atoms with Gasteiger partial charge in [0.2, 0.25) is 0 Å². The number of rotatable bonds is 57. The second-order valence-electron chi connectivity index (χ2n) is 20.8. The maximum atomic E-state index is 12.2. The Labute approximate surface area is 413 Å². The number of esters is 2.